The Morgan fingerprint density at radius 1 is 0.595 bits per heavy atom. The third-order valence-corrected chi connectivity index (χ3v) is 16.9. The van der Waals surface area contributed by atoms with Crippen molar-refractivity contribution in [2.24, 2.45) is 21.7 Å². The van der Waals surface area contributed by atoms with Gasteiger partial charge in [0, 0.05) is 96.8 Å². The number of ether oxygens (including phenoxy) is 6. The van der Waals surface area contributed by atoms with Crippen molar-refractivity contribution in [2.75, 3.05) is 14.2 Å². The predicted octanol–water partition coefficient (Wildman–Crippen LogP) is 1.66. The zero-order chi connectivity index (χ0) is 60.8. The highest BCUT2D eigenvalue weighted by Crippen LogP contribution is 2.55. The molecule has 4 aliphatic carbocycles. The fraction of sp³-hybridized carbons (Fsp3) is 0.448. The molecule has 4 aromatic carbocycles. The second-order valence-corrected chi connectivity index (χ2v) is 22.1. The lowest BCUT2D eigenvalue weighted by Crippen LogP contribution is -2.52. The summed E-state index contributed by atoms with van der Waals surface area (Å²) >= 11 is 0. The first-order valence-electron chi connectivity index (χ1n) is 27.1. The van der Waals surface area contributed by atoms with Crippen LogP contribution in [0.25, 0.3) is 0 Å². The summed E-state index contributed by atoms with van der Waals surface area (Å²) in [6.07, 6.45) is -12.0. The number of aromatic hydroxyl groups is 4. The van der Waals surface area contributed by atoms with Crippen molar-refractivity contribution in [3.8, 4) is 34.5 Å². The van der Waals surface area contributed by atoms with E-state index in [1.807, 2.05) is 0 Å². The molecule has 446 valence electrons. The zero-order valence-corrected chi connectivity index (χ0v) is 46.4. The Morgan fingerprint density at radius 3 is 1.30 bits per heavy atom. The van der Waals surface area contributed by atoms with Gasteiger partial charge >= 0.3 is 0 Å². The average molecular weight is 1170 g/mol. The second kappa shape index (κ2) is 22.3. The van der Waals surface area contributed by atoms with E-state index in [2.05, 4.69) is 21.1 Å². The fourth-order valence-electron chi connectivity index (χ4n) is 12.2. The van der Waals surface area contributed by atoms with Crippen molar-refractivity contribution in [1.29, 1.82) is 0 Å². The minimum atomic E-state index is -2.11. The van der Waals surface area contributed by atoms with Crippen LogP contribution in [0.2, 0.25) is 0 Å². The Bertz CT molecular complexity index is 3280. The highest BCUT2D eigenvalue weighted by atomic mass is 16.7. The number of benzene rings is 4. The quantitative estimate of drug-likeness (QED) is 0.0444. The number of phenols is 4. The largest absolute Gasteiger partial charge is 0.507 e. The molecule has 2 saturated heterocycles. The van der Waals surface area contributed by atoms with Crippen molar-refractivity contribution in [3.05, 3.63) is 103 Å². The van der Waals surface area contributed by atoms with E-state index in [4.69, 9.17) is 39.9 Å². The first-order valence-corrected chi connectivity index (χ1v) is 27.1. The number of ketones is 4. The Kier molecular flexibility index (Phi) is 15.8. The number of aliphatic hydroxyl groups excluding tert-OH is 2. The summed E-state index contributed by atoms with van der Waals surface area (Å²) < 4.78 is 35.2. The van der Waals surface area contributed by atoms with Crippen LogP contribution >= 0.6 is 0 Å². The zero-order valence-electron chi connectivity index (χ0n) is 46.4. The molecule has 6 aliphatic rings. The van der Waals surface area contributed by atoms with Crippen LogP contribution in [0.3, 0.4) is 0 Å². The van der Waals surface area contributed by atoms with E-state index in [1.165, 1.54) is 64.5 Å². The number of rotatable bonds is 13. The Balaban J connectivity index is 0.867. The number of amides is 2. The summed E-state index contributed by atoms with van der Waals surface area (Å²) in [5.74, 6) is -7.73. The standard InChI is InChI=1S/C58H64N6O20/c1-21-47(67)29(59)15-37(81-21)83-33-19-57(77,17-27-41(33)55(75)45-43(51(27)71)49(69)25-9-7-11-31(79-5)39(25)53(45)73)23(3)61-63-35(65)13-14-36(66)64-62-24(4)58(78)18-28-42(34(20-58)84-38-16-30(60)48(68)22(2)82-38)56(76)46-44(52(28)72)50(70)26-10-8-12-32(80-6)40(26)54(46)74/h7-12,21-22,29-30,33-34,37-38,47-48,67-68,71-72,75-78H,13-20,59-60H2,1-6H3,(H,63,65)(H,64,66). The number of phenolic OH excluding ortho intramolecular Hbond substituents is 4. The van der Waals surface area contributed by atoms with Gasteiger partial charge in [-0.25, -0.2) is 10.9 Å². The SMILES string of the molecule is COc1cccc2c1C(=O)c1c(O)c3c(c(O)c1C2=O)CC(O)(C(C)=NNC(=O)CCC(=O)NN=C(C)C1(O)Cc2c(O)c4c(c(O)c2C(OC2CC(N)C(O)C(C)O2)C1)C(=O)c1c(OC)cccc1C4=O)CC3OC1CC(N)C(O)C(C)O1. The third kappa shape index (κ3) is 10.0. The molecular weight excluding hydrogens is 1100 g/mol. The van der Waals surface area contributed by atoms with E-state index >= 15 is 0 Å². The van der Waals surface area contributed by atoms with Crippen molar-refractivity contribution < 1.29 is 98.0 Å². The van der Waals surface area contributed by atoms with Gasteiger partial charge in [0.25, 0.3) is 0 Å². The summed E-state index contributed by atoms with van der Waals surface area (Å²) in [5, 5.41) is 102. The predicted molar refractivity (Wildman–Crippen MR) is 291 cm³/mol. The molecule has 2 aliphatic heterocycles. The maximum absolute atomic E-state index is 14.2. The molecule has 2 fully saturated rings. The van der Waals surface area contributed by atoms with E-state index in [1.54, 1.807) is 13.8 Å². The normalized spacial score (nSPS) is 29.1. The van der Waals surface area contributed by atoms with Gasteiger partial charge in [0.2, 0.25) is 23.4 Å². The molecule has 84 heavy (non-hydrogen) atoms. The average Bonchev–Trinajstić information content (AvgIpc) is 1.31. The number of aliphatic hydroxyl groups is 4. The van der Waals surface area contributed by atoms with Crippen LogP contribution in [0.4, 0.5) is 0 Å². The van der Waals surface area contributed by atoms with E-state index in [9.17, 15) is 69.6 Å². The number of nitrogens with one attached hydrogen (secondary N) is 2. The van der Waals surface area contributed by atoms with E-state index in [-0.39, 0.29) is 80.3 Å². The number of nitrogens with zero attached hydrogens (tertiary/aromatic N) is 2. The summed E-state index contributed by atoms with van der Waals surface area (Å²) in [7, 11) is 2.60. The van der Waals surface area contributed by atoms with E-state index in [0.29, 0.717) is 0 Å². The first kappa shape index (κ1) is 59.4. The van der Waals surface area contributed by atoms with Gasteiger partial charge in [-0.3, -0.25) is 28.8 Å². The van der Waals surface area contributed by atoms with E-state index in [0.717, 1.165) is 0 Å². The van der Waals surface area contributed by atoms with Gasteiger partial charge in [0.05, 0.1) is 95.6 Å². The van der Waals surface area contributed by atoms with Crippen molar-refractivity contribution in [3.63, 3.8) is 0 Å². The van der Waals surface area contributed by atoms with E-state index < -0.39 is 191 Å². The number of nitrogens with two attached hydrogens (primary N) is 2. The molecule has 0 spiro atoms. The highest BCUT2D eigenvalue weighted by molar-refractivity contribution is 6.32. The summed E-state index contributed by atoms with van der Waals surface area (Å²) in [4.78, 5) is 83.1. The number of carbonyl (C=O) groups excluding carboxylic acids is 6. The van der Waals surface area contributed by atoms with Crippen molar-refractivity contribution in [1.82, 2.24) is 10.9 Å². The lowest BCUT2D eigenvalue weighted by molar-refractivity contribution is -0.246. The minimum absolute atomic E-state index is 0.0453. The van der Waals surface area contributed by atoms with Crippen molar-refractivity contribution in [2.45, 2.75) is 152 Å². The first-order chi connectivity index (χ1) is 39.7. The molecule has 0 radical (unpaired) electrons. The van der Waals surface area contributed by atoms with Crippen LogP contribution in [0.5, 0.6) is 34.5 Å². The van der Waals surface area contributed by atoms with Crippen LogP contribution in [-0.4, -0.2) is 162 Å². The van der Waals surface area contributed by atoms with Gasteiger partial charge in [-0.15, -0.1) is 0 Å². The number of fused-ring (bicyclic) bond motifs is 6. The van der Waals surface area contributed by atoms with Gasteiger partial charge < -0.3 is 80.7 Å². The number of methoxy groups -OCH3 is 2. The third-order valence-electron chi connectivity index (χ3n) is 16.9. The molecule has 10 rings (SSSR count). The molecule has 12 unspecified atom stereocenters. The molecule has 26 nitrogen and oxygen atoms in total. The summed E-state index contributed by atoms with van der Waals surface area (Å²) in [6.45, 7) is 5.82. The molecule has 0 bridgehead atoms. The van der Waals surface area contributed by atoms with Gasteiger partial charge in [-0.1, -0.05) is 24.3 Å². The Hall–Kier alpha value is -7.76. The lowest BCUT2D eigenvalue weighted by Gasteiger charge is -2.42. The van der Waals surface area contributed by atoms with Gasteiger partial charge in [-0.2, -0.15) is 10.2 Å². The van der Waals surface area contributed by atoms with Crippen LogP contribution in [0, 0.1) is 0 Å². The fourth-order valence-corrected chi connectivity index (χ4v) is 12.2. The van der Waals surface area contributed by atoms with Gasteiger partial charge in [0.1, 0.15) is 45.7 Å². The van der Waals surface area contributed by atoms with Gasteiger partial charge in [-0.05, 0) is 39.8 Å². The topological polar surface area (TPSA) is 420 Å². The number of hydrazone groups is 2. The molecule has 0 saturated carbocycles. The molecule has 2 amide bonds. The number of hydrogen-bond acceptors (Lipinski definition) is 24. The molecular formula is C58H64N6O20. The van der Waals surface area contributed by atoms with Crippen LogP contribution < -0.4 is 31.8 Å². The molecule has 26 heteroatoms. The summed E-state index contributed by atoms with van der Waals surface area (Å²) in [6, 6.07) is 6.96. The van der Waals surface area contributed by atoms with Crippen LogP contribution in [0.15, 0.2) is 46.6 Å². The monoisotopic (exact) mass is 1160 g/mol. The smallest absolute Gasteiger partial charge is 0.240 e. The Labute approximate surface area is 478 Å². The highest BCUT2D eigenvalue weighted by Gasteiger charge is 2.51. The molecule has 14 N–H and O–H groups in total. The van der Waals surface area contributed by atoms with Crippen LogP contribution in [-0.2, 0) is 41.4 Å². The maximum atomic E-state index is 14.2. The molecule has 2 heterocycles. The second-order valence-electron chi connectivity index (χ2n) is 22.1. The molecule has 12 atom stereocenters. The minimum Gasteiger partial charge on any atom is -0.507 e. The maximum Gasteiger partial charge on any atom is 0.240 e. The van der Waals surface area contributed by atoms with Crippen molar-refractivity contribution >= 4 is 46.4 Å². The summed E-state index contributed by atoms with van der Waals surface area (Å²) in [5.41, 5.74) is 9.20. The number of carbonyl (C=O) groups is 6. The van der Waals surface area contributed by atoms with Gasteiger partial charge in [0.15, 0.2) is 24.1 Å². The molecule has 0 aromatic heterocycles. The Morgan fingerprint density at radius 2 is 0.952 bits per heavy atom. The van der Waals surface area contributed by atoms with Crippen LogP contribution in [0.1, 0.15) is 164 Å². The molecule has 4 aromatic rings. The lowest BCUT2D eigenvalue weighted by atomic mass is 9.71. The number of hydrogen-bond donors (Lipinski definition) is 12.